The number of hydrogen-bond acceptors (Lipinski definition) is 4. The van der Waals surface area contributed by atoms with Crippen LogP contribution >= 0.6 is 11.6 Å². The van der Waals surface area contributed by atoms with Gasteiger partial charge >= 0.3 is 0 Å². The van der Waals surface area contributed by atoms with E-state index in [1.807, 2.05) is 0 Å². The van der Waals surface area contributed by atoms with Crippen molar-refractivity contribution in [3.8, 4) is 0 Å². The van der Waals surface area contributed by atoms with Gasteiger partial charge in [0, 0.05) is 26.7 Å². The number of nitrogen functional groups attached to an aromatic ring is 1. The predicted octanol–water partition coefficient (Wildman–Crippen LogP) is 1.44. The quantitative estimate of drug-likeness (QED) is 0.691. The van der Waals surface area contributed by atoms with E-state index in [0.29, 0.717) is 23.6 Å². The summed E-state index contributed by atoms with van der Waals surface area (Å²) in [5.41, 5.74) is 5.23. The molecule has 19 heavy (non-hydrogen) atoms. The molecule has 0 spiro atoms. The Balaban J connectivity index is 2.63. The summed E-state index contributed by atoms with van der Waals surface area (Å²) in [6.45, 7) is 2.16. The van der Waals surface area contributed by atoms with Crippen LogP contribution in [0.1, 0.15) is 23.7 Å². The minimum absolute atomic E-state index is 0.112. The molecule has 0 aliphatic rings. The highest BCUT2D eigenvalue weighted by Crippen LogP contribution is 2.22. The molecule has 1 amide bonds. The van der Waals surface area contributed by atoms with Crippen LogP contribution in [0.3, 0.4) is 0 Å². The zero-order chi connectivity index (χ0) is 14.5. The van der Waals surface area contributed by atoms with Crippen molar-refractivity contribution in [2.24, 2.45) is 0 Å². The highest BCUT2D eigenvalue weighted by Gasteiger charge is 2.22. The molecule has 4 N–H and O–H groups in total. The van der Waals surface area contributed by atoms with Crippen molar-refractivity contribution in [2.75, 3.05) is 26.0 Å². The van der Waals surface area contributed by atoms with Gasteiger partial charge in [0.25, 0.3) is 5.91 Å². The van der Waals surface area contributed by atoms with Crippen LogP contribution < -0.4 is 11.1 Å². The van der Waals surface area contributed by atoms with Gasteiger partial charge in [0.2, 0.25) is 0 Å². The van der Waals surface area contributed by atoms with Crippen LogP contribution in [0.5, 0.6) is 0 Å². The molecule has 0 fully saturated rings. The molecule has 106 valence electrons. The molecule has 1 atom stereocenters. The summed E-state index contributed by atoms with van der Waals surface area (Å²) < 4.78 is 4.89. The van der Waals surface area contributed by atoms with Crippen molar-refractivity contribution in [1.29, 1.82) is 0 Å². The molecule has 0 aliphatic carbocycles. The topological polar surface area (TPSA) is 84.6 Å². The number of carbonyl (C=O) groups excluding carboxylic acids is 1. The average molecular weight is 287 g/mol. The Morgan fingerprint density at radius 1 is 1.58 bits per heavy atom. The van der Waals surface area contributed by atoms with Gasteiger partial charge in [-0.15, -0.1) is 0 Å². The first-order valence-electron chi connectivity index (χ1n) is 5.91. The number of aliphatic hydroxyl groups is 1. The molecule has 0 aliphatic heterocycles. The lowest BCUT2D eigenvalue weighted by molar-refractivity contribution is 0.0244. The number of amides is 1. The minimum atomic E-state index is -1.03. The van der Waals surface area contributed by atoms with Crippen LogP contribution in [0.2, 0.25) is 5.02 Å². The fraction of sp³-hybridized carbons (Fsp3) is 0.462. The fourth-order valence-corrected chi connectivity index (χ4v) is 1.69. The van der Waals surface area contributed by atoms with Gasteiger partial charge in [0.15, 0.2) is 0 Å². The second-order valence-corrected chi connectivity index (χ2v) is 5.03. The molecule has 1 unspecified atom stereocenters. The lowest BCUT2D eigenvalue weighted by Gasteiger charge is -2.23. The molecular formula is C13H19ClN2O3. The number of methoxy groups -OCH3 is 1. The minimum Gasteiger partial charge on any atom is -0.397 e. The van der Waals surface area contributed by atoms with Gasteiger partial charge in [-0.2, -0.15) is 0 Å². The van der Waals surface area contributed by atoms with Gasteiger partial charge in [-0.05, 0) is 19.1 Å². The summed E-state index contributed by atoms with van der Waals surface area (Å²) in [6, 6.07) is 4.85. The normalized spacial score (nSPS) is 13.9. The molecule has 1 aromatic carbocycles. The monoisotopic (exact) mass is 286 g/mol. The lowest BCUT2D eigenvalue weighted by atomic mass is 10.0. The number of carbonyl (C=O) groups is 1. The van der Waals surface area contributed by atoms with E-state index in [0.717, 1.165) is 0 Å². The molecular weight excluding hydrogens is 268 g/mol. The summed E-state index contributed by atoms with van der Waals surface area (Å²) in [6.07, 6.45) is 0.425. The van der Waals surface area contributed by atoms with Crippen LogP contribution in [0, 0.1) is 0 Å². The third-order valence-electron chi connectivity index (χ3n) is 2.77. The summed E-state index contributed by atoms with van der Waals surface area (Å²) in [5.74, 6) is -0.363. The summed E-state index contributed by atoms with van der Waals surface area (Å²) in [7, 11) is 1.56. The highest BCUT2D eigenvalue weighted by molar-refractivity contribution is 6.33. The molecule has 1 aromatic rings. The van der Waals surface area contributed by atoms with Crippen molar-refractivity contribution in [3.05, 3.63) is 28.8 Å². The molecule has 0 heterocycles. The van der Waals surface area contributed by atoms with Crippen molar-refractivity contribution in [3.63, 3.8) is 0 Å². The fourth-order valence-electron chi connectivity index (χ4n) is 1.51. The second-order valence-electron chi connectivity index (χ2n) is 4.62. The SMILES string of the molecule is COCCC(C)(O)CNC(=O)c1cccc(Cl)c1N. The van der Waals surface area contributed by atoms with Crippen molar-refractivity contribution >= 4 is 23.2 Å². The van der Waals surface area contributed by atoms with Crippen LogP contribution in [0.25, 0.3) is 0 Å². The predicted molar refractivity (Wildman–Crippen MR) is 75.3 cm³/mol. The molecule has 0 radical (unpaired) electrons. The van der Waals surface area contributed by atoms with Gasteiger partial charge in [0.05, 0.1) is 21.9 Å². The van der Waals surface area contributed by atoms with Crippen LogP contribution in [0.4, 0.5) is 5.69 Å². The number of para-hydroxylation sites is 1. The smallest absolute Gasteiger partial charge is 0.253 e. The van der Waals surface area contributed by atoms with Crippen molar-refractivity contribution < 1.29 is 14.6 Å². The zero-order valence-electron chi connectivity index (χ0n) is 11.1. The molecule has 0 saturated heterocycles. The molecule has 0 aromatic heterocycles. The molecule has 0 saturated carbocycles. The molecule has 6 heteroatoms. The van der Waals surface area contributed by atoms with E-state index in [9.17, 15) is 9.90 Å². The van der Waals surface area contributed by atoms with Crippen LogP contribution in [0.15, 0.2) is 18.2 Å². The van der Waals surface area contributed by atoms with E-state index < -0.39 is 5.60 Å². The molecule has 1 rings (SSSR count). The maximum atomic E-state index is 11.9. The third kappa shape index (κ3) is 4.70. The van der Waals surface area contributed by atoms with E-state index in [4.69, 9.17) is 22.1 Å². The Morgan fingerprint density at radius 3 is 2.89 bits per heavy atom. The number of hydrogen-bond donors (Lipinski definition) is 3. The van der Waals surface area contributed by atoms with Crippen LogP contribution in [-0.2, 0) is 4.74 Å². The number of nitrogens with two attached hydrogens (primary N) is 1. The van der Waals surface area contributed by atoms with E-state index in [1.54, 1.807) is 32.2 Å². The highest BCUT2D eigenvalue weighted by atomic mass is 35.5. The Hall–Kier alpha value is -1.30. The Labute approximate surface area is 117 Å². The van der Waals surface area contributed by atoms with Gasteiger partial charge in [-0.1, -0.05) is 17.7 Å². The van der Waals surface area contributed by atoms with E-state index in [-0.39, 0.29) is 18.1 Å². The molecule has 0 bridgehead atoms. The van der Waals surface area contributed by atoms with Gasteiger partial charge in [0.1, 0.15) is 0 Å². The van der Waals surface area contributed by atoms with E-state index in [2.05, 4.69) is 5.32 Å². The maximum Gasteiger partial charge on any atom is 0.253 e. The van der Waals surface area contributed by atoms with Crippen molar-refractivity contribution in [1.82, 2.24) is 5.32 Å². The summed E-state index contributed by atoms with van der Waals surface area (Å²) in [5, 5.41) is 13.0. The Morgan fingerprint density at radius 2 is 2.26 bits per heavy atom. The lowest BCUT2D eigenvalue weighted by Crippen LogP contribution is -2.41. The number of nitrogens with one attached hydrogen (secondary N) is 1. The maximum absolute atomic E-state index is 11.9. The van der Waals surface area contributed by atoms with E-state index in [1.165, 1.54) is 0 Å². The zero-order valence-corrected chi connectivity index (χ0v) is 11.8. The Kier molecular flexibility index (Phi) is 5.60. The Bertz CT molecular complexity index is 450. The standard InChI is InChI=1S/C13H19ClN2O3/c1-13(18,6-7-19-2)8-16-12(17)9-4-3-5-10(14)11(9)15/h3-5,18H,6-8,15H2,1-2H3,(H,16,17). The third-order valence-corrected chi connectivity index (χ3v) is 3.10. The van der Waals surface area contributed by atoms with E-state index >= 15 is 0 Å². The second kappa shape index (κ2) is 6.75. The number of halogens is 1. The largest absolute Gasteiger partial charge is 0.397 e. The number of anilines is 1. The number of ether oxygens (including phenoxy) is 1. The van der Waals surface area contributed by atoms with Crippen LogP contribution in [-0.4, -0.2) is 36.9 Å². The first kappa shape index (κ1) is 15.8. The first-order valence-corrected chi connectivity index (χ1v) is 6.28. The summed E-state index contributed by atoms with van der Waals surface area (Å²) >= 11 is 5.85. The van der Waals surface area contributed by atoms with Gasteiger partial charge in [-0.25, -0.2) is 0 Å². The summed E-state index contributed by atoms with van der Waals surface area (Å²) in [4.78, 5) is 11.9. The van der Waals surface area contributed by atoms with Gasteiger partial charge in [-0.3, -0.25) is 4.79 Å². The first-order chi connectivity index (χ1) is 8.87. The van der Waals surface area contributed by atoms with Gasteiger partial charge < -0.3 is 20.9 Å². The molecule has 5 nitrogen and oxygen atoms in total. The average Bonchev–Trinajstić information content (AvgIpc) is 2.37. The number of benzene rings is 1. The number of rotatable bonds is 6. The van der Waals surface area contributed by atoms with Crippen molar-refractivity contribution in [2.45, 2.75) is 18.9 Å².